The second kappa shape index (κ2) is 11.2. The van der Waals surface area contributed by atoms with Crippen molar-refractivity contribution >= 4 is 29.2 Å². The van der Waals surface area contributed by atoms with Crippen LogP contribution in [0.5, 0.6) is 0 Å². The lowest BCUT2D eigenvalue weighted by Gasteiger charge is -2.05. The quantitative estimate of drug-likeness (QED) is 0.166. The van der Waals surface area contributed by atoms with Crippen LogP contribution in [0.3, 0.4) is 0 Å². The summed E-state index contributed by atoms with van der Waals surface area (Å²) in [6.45, 7) is 2.34. The normalized spacial score (nSPS) is 12.1. The SMILES string of the molecule is CO/C(C)=C/C(=C\C=C\OCc1ccccc1)c1cnc(Nc2ccc(N)c(C=N)c2)o1. The fourth-order valence-corrected chi connectivity index (χ4v) is 2.76. The Kier molecular flexibility index (Phi) is 7.86. The predicted octanol–water partition coefficient (Wildman–Crippen LogP) is 5.66. The summed E-state index contributed by atoms with van der Waals surface area (Å²) in [5, 5.41) is 10.5. The van der Waals surface area contributed by atoms with Gasteiger partial charge in [-0.2, -0.15) is 0 Å². The van der Waals surface area contributed by atoms with Crippen molar-refractivity contribution in [3.63, 3.8) is 0 Å². The molecule has 0 amide bonds. The van der Waals surface area contributed by atoms with Crippen LogP contribution >= 0.6 is 0 Å². The average molecular weight is 431 g/mol. The zero-order valence-electron chi connectivity index (χ0n) is 18.0. The van der Waals surface area contributed by atoms with Crippen molar-refractivity contribution in [3.05, 3.63) is 102 Å². The van der Waals surface area contributed by atoms with E-state index in [1.807, 2.05) is 49.4 Å². The number of benzene rings is 2. The summed E-state index contributed by atoms with van der Waals surface area (Å²) < 4.78 is 16.7. The molecular formula is C25H26N4O3. The van der Waals surface area contributed by atoms with Gasteiger partial charge >= 0.3 is 0 Å². The number of allylic oxidation sites excluding steroid dienone is 5. The van der Waals surface area contributed by atoms with Gasteiger partial charge in [0, 0.05) is 28.7 Å². The van der Waals surface area contributed by atoms with Crippen molar-refractivity contribution in [1.29, 1.82) is 5.41 Å². The van der Waals surface area contributed by atoms with Crippen LogP contribution in [0.4, 0.5) is 17.4 Å². The Bertz CT molecular complexity index is 1130. The van der Waals surface area contributed by atoms with E-state index < -0.39 is 0 Å². The van der Waals surface area contributed by atoms with E-state index in [0.29, 0.717) is 29.6 Å². The molecule has 1 heterocycles. The lowest BCUT2D eigenvalue weighted by atomic mass is 10.2. The van der Waals surface area contributed by atoms with Crippen LogP contribution in [-0.2, 0) is 16.1 Å². The van der Waals surface area contributed by atoms with Crippen LogP contribution in [0, 0.1) is 5.41 Å². The number of nitrogens with one attached hydrogen (secondary N) is 2. The van der Waals surface area contributed by atoms with Gasteiger partial charge in [-0.1, -0.05) is 30.3 Å². The van der Waals surface area contributed by atoms with Crippen molar-refractivity contribution in [2.45, 2.75) is 13.5 Å². The molecule has 0 aliphatic rings. The highest BCUT2D eigenvalue weighted by Gasteiger charge is 2.09. The van der Waals surface area contributed by atoms with Crippen LogP contribution in [-0.4, -0.2) is 18.3 Å². The van der Waals surface area contributed by atoms with E-state index in [1.165, 1.54) is 6.21 Å². The molecule has 3 aromatic rings. The molecular weight excluding hydrogens is 404 g/mol. The summed E-state index contributed by atoms with van der Waals surface area (Å²) in [6, 6.07) is 15.5. The summed E-state index contributed by atoms with van der Waals surface area (Å²) in [4.78, 5) is 4.30. The fraction of sp³-hybridized carbons (Fsp3) is 0.120. The van der Waals surface area contributed by atoms with Crippen LogP contribution in [0.2, 0.25) is 0 Å². The maximum absolute atomic E-state index is 7.43. The Morgan fingerprint density at radius 3 is 2.78 bits per heavy atom. The average Bonchev–Trinajstić information content (AvgIpc) is 3.28. The predicted molar refractivity (Wildman–Crippen MR) is 128 cm³/mol. The third-order valence-electron chi connectivity index (χ3n) is 4.51. The largest absolute Gasteiger partial charge is 0.501 e. The second-order valence-electron chi connectivity index (χ2n) is 6.85. The molecule has 0 radical (unpaired) electrons. The van der Waals surface area contributed by atoms with E-state index >= 15 is 0 Å². The Labute approximate surface area is 187 Å². The third kappa shape index (κ3) is 6.37. The fourth-order valence-electron chi connectivity index (χ4n) is 2.76. The van der Waals surface area contributed by atoms with Gasteiger partial charge in [0.05, 0.1) is 25.3 Å². The minimum Gasteiger partial charge on any atom is -0.501 e. The smallest absolute Gasteiger partial charge is 0.299 e. The number of oxazole rings is 1. The highest BCUT2D eigenvalue weighted by atomic mass is 16.5. The van der Waals surface area contributed by atoms with E-state index in [-0.39, 0.29) is 0 Å². The first-order valence-corrected chi connectivity index (χ1v) is 9.97. The first kappa shape index (κ1) is 22.4. The van der Waals surface area contributed by atoms with Gasteiger partial charge in [0.15, 0.2) is 5.76 Å². The van der Waals surface area contributed by atoms with Gasteiger partial charge in [-0.25, -0.2) is 4.98 Å². The van der Waals surface area contributed by atoms with Crippen molar-refractivity contribution in [2.75, 3.05) is 18.2 Å². The summed E-state index contributed by atoms with van der Waals surface area (Å²) in [5.74, 6) is 1.27. The lowest BCUT2D eigenvalue weighted by Crippen LogP contribution is -1.96. The van der Waals surface area contributed by atoms with Gasteiger partial charge in [0.1, 0.15) is 6.61 Å². The molecule has 164 valence electrons. The molecule has 0 bridgehead atoms. The van der Waals surface area contributed by atoms with Crippen LogP contribution in [0.25, 0.3) is 5.57 Å². The Morgan fingerprint density at radius 2 is 2.03 bits per heavy atom. The number of anilines is 3. The summed E-state index contributed by atoms with van der Waals surface area (Å²) in [6.07, 6.45) is 9.96. The molecule has 0 spiro atoms. The Morgan fingerprint density at radius 1 is 1.22 bits per heavy atom. The number of nitrogen functional groups attached to an aromatic ring is 1. The maximum Gasteiger partial charge on any atom is 0.299 e. The number of hydrogen-bond donors (Lipinski definition) is 3. The van der Waals surface area contributed by atoms with E-state index in [1.54, 1.807) is 43.8 Å². The van der Waals surface area contributed by atoms with Crippen LogP contribution in [0.1, 0.15) is 23.8 Å². The molecule has 2 aromatic carbocycles. The highest BCUT2D eigenvalue weighted by Crippen LogP contribution is 2.25. The molecule has 0 aliphatic heterocycles. The molecule has 0 saturated heterocycles. The Hall–Kier alpha value is -4.26. The molecule has 0 fully saturated rings. The number of nitrogens with two attached hydrogens (primary N) is 1. The highest BCUT2D eigenvalue weighted by molar-refractivity contribution is 5.87. The van der Waals surface area contributed by atoms with Crippen LogP contribution < -0.4 is 11.1 Å². The number of aromatic nitrogens is 1. The van der Waals surface area contributed by atoms with Crippen LogP contribution in [0.15, 0.2) is 89.4 Å². The number of hydrogen-bond acceptors (Lipinski definition) is 7. The van der Waals surface area contributed by atoms with Crippen molar-refractivity contribution in [2.24, 2.45) is 0 Å². The second-order valence-corrected chi connectivity index (χ2v) is 6.85. The molecule has 7 nitrogen and oxygen atoms in total. The monoisotopic (exact) mass is 430 g/mol. The maximum atomic E-state index is 7.43. The molecule has 0 saturated carbocycles. The number of ether oxygens (including phenoxy) is 2. The molecule has 32 heavy (non-hydrogen) atoms. The Balaban J connectivity index is 1.73. The molecule has 7 heteroatoms. The van der Waals surface area contributed by atoms with Gasteiger partial charge in [-0.05, 0) is 48.9 Å². The van der Waals surface area contributed by atoms with E-state index in [0.717, 1.165) is 22.6 Å². The van der Waals surface area contributed by atoms with Crippen molar-refractivity contribution in [3.8, 4) is 0 Å². The van der Waals surface area contributed by atoms with Crippen molar-refractivity contribution < 1.29 is 13.9 Å². The molecule has 3 rings (SSSR count). The van der Waals surface area contributed by atoms with Crippen molar-refractivity contribution in [1.82, 2.24) is 4.98 Å². The molecule has 0 atom stereocenters. The zero-order valence-corrected chi connectivity index (χ0v) is 18.0. The molecule has 4 N–H and O–H groups in total. The van der Waals surface area contributed by atoms with E-state index in [9.17, 15) is 0 Å². The molecule has 0 unspecified atom stereocenters. The summed E-state index contributed by atoms with van der Waals surface area (Å²) >= 11 is 0. The third-order valence-corrected chi connectivity index (χ3v) is 4.51. The minimum atomic E-state index is 0.319. The van der Waals surface area contributed by atoms with Gasteiger partial charge < -0.3 is 30.4 Å². The molecule has 1 aromatic heterocycles. The van der Waals surface area contributed by atoms with Gasteiger partial charge in [-0.15, -0.1) is 0 Å². The van der Waals surface area contributed by atoms with E-state index in [2.05, 4.69) is 10.3 Å². The zero-order chi connectivity index (χ0) is 22.8. The van der Waals surface area contributed by atoms with Gasteiger partial charge in [0.2, 0.25) is 0 Å². The summed E-state index contributed by atoms with van der Waals surface area (Å²) in [5.41, 5.74) is 9.56. The van der Waals surface area contributed by atoms with Gasteiger partial charge in [-0.3, -0.25) is 0 Å². The first-order valence-electron chi connectivity index (χ1n) is 9.97. The summed E-state index contributed by atoms with van der Waals surface area (Å²) in [7, 11) is 1.61. The standard InChI is InChI=1S/C25H26N4O3/c1-18(30-2)13-20(9-6-12-31-17-19-7-4-3-5-8-19)24-16-28-25(32-24)29-22-10-11-23(27)21(14-22)15-26/h3-16,26H,17,27H2,1-2H3,(H,28,29)/b12-6+,18-13+,20-9+,26-15?. The number of rotatable bonds is 10. The lowest BCUT2D eigenvalue weighted by molar-refractivity contribution is 0.236. The first-order chi connectivity index (χ1) is 15.6. The van der Waals surface area contributed by atoms with E-state index in [4.69, 9.17) is 25.0 Å². The molecule has 0 aliphatic carbocycles. The number of nitrogens with zero attached hydrogens (tertiary/aromatic N) is 1. The van der Waals surface area contributed by atoms with Gasteiger partial charge in [0.25, 0.3) is 6.01 Å². The minimum absolute atomic E-state index is 0.319. The number of methoxy groups -OCH3 is 1. The topological polar surface area (TPSA) is 106 Å².